The molecule has 17 rings (SSSR count). The van der Waals surface area contributed by atoms with Crippen molar-refractivity contribution in [2.24, 2.45) is 0 Å². The largest absolute Gasteiger partial charge is 0.455 e. The Hall–Kier alpha value is -9.96. The van der Waals surface area contributed by atoms with Gasteiger partial charge in [-0.3, -0.25) is 0 Å². The first-order valence-electron chi connectivity index (χ1n) is 26.7. The van der Waals surface area contributed by atoms with Gasteiger partial charge in [-0.2, -0.15) is 0 Å². The molecule has 0 unspecified atom stereocenters. The summed E-state index contributed by atoms with van der Waals surface area (Å²) in [5, 5.41) is 6.76. The predicted molar refractivity (Wildman–Crippen MR) is 317 cm³/mol. The third-order valence-electron chi connectivity index (χ3n) is 17.5. The molecule has 3 aromatic heterocycles. The molecule has 0 aliphatic heterocycles. The lowest BCUT2D eigenvalue weighted by atomic mass is 9.67. The normalized spacial score (nSPS) is 13.9. The number of para-hydroxylation sites is 2. The summed E-state index contributed by atoms with van der Waals surface area (Å²) in [4.78, 5) is 0. The van der Waals surface area contributed by atoms with Crippen molar-refractivity contribution >= 4 is 65.6 Å². The first kappa shape index (κ1) is 42.4. The first-order valence-corrected chi connectivity index (χ1v) is 26.7. The molecule has 0 radical (unpaired) electrons. The van der Waals surface area contributed by atoms with Crippen LogP contribution in [0.4, 0.5) is 0 Å². The van der Waals surface area contributed by atoms with E-state index >= 15 is 0 Å². The molecule has 15 aromatic rings. The summed E-state index contributed by atoms with van der Waals surface area (Å²) in [7, 11) is 0. The Labute approximate surface area is 444 Å². The molecule has 0 fully saturated rings. The van der Waals surface area contributed by atoms with Crippen LogP contribution in [-0.4, -0.2) is 9.13 Å². The lowest BCUT2D eigenvalue weighted by molar-refractivity contribution is 0.677. The SMILES string of the molecule is c1ccc(C2(c3ccccc3)c3ccccc3-c3ccc(-n4c5ccccc5c5c6oc7c(ccc8c7c7ccccc7n8-c7ccc8c(c7)C(c7ccccc7)(c7ccccc7)c7ccccc7-8)c6ccc54)cc32)cc1. The summed E-state index contributed by atoms with van der Waals surface area (Å²) in [6.07, 6.45) is 0. The van der Waals surface area contributed by atoms with Crippen molar-refractivity contribution in [1.82, 2.24) is 9.13 Å². The Kier molecular flexibility index (Phi) is 8.69. The summed E-state index contributed by atoms with van der Waals surface area (Å²) in [5.41, 5.74) is 22.7. The van der Waals surface area contributed by atoms with E-state index in [0.717, 1.165) is 76.9 Å². The molecule has 12 aromatic carbocycles. The number of nitrogens with zero attached hydrogens (tertiary/aromatic N) is 2. The van der Waals surface area contributed by atoms with Crippen molar-refractivity contribution in [3.8, 4) is 33.6 Å². The molecule has 2 aliphatic rings. The summed E-state index contributed by atoms with van der Waals surface area (Å²) in [5.74, 6) is 0. The molecule has 0 saturated heterocycles. The fourth-order valence-corrected chi connectivity index (χ4v) is 14.5. The van der Waals surface area contributed by atoms with E-state index < -0.39 is 10.8 Å². The fourth-order valence-electron chi connectivity index (χ4n) is 14.5. The quantitative estimate of drug-likeness (QED) is 0.163. The lowest BCUT2D eigenvalue weighted by Crippen LogP contribution is -2.28. The van der Waals surface area contributed by atoms with Crippen molar-refractivity contribution < 1.29 is 4.42 Å². The average Bonchev–Trinajstić information content (AvgIpc) is 4.31. The maximum absolute atomic E-state index is 7.50. The monoisotopic (exact) mass is 978 g/mol. The second-order valence-electron chi connectivity index (χ2n) is 21.0. The highest BCUT2D eigenvalue weighted by Gasteiger charge is 2.48. The molecule has 0 amide bonds. The van der Waals surface area contributed by atoms with E-state index in [0.29, 0.717) is 0 Å². The van der Waals surface area contributed by atoms with Crippen LogP contribution in [0.3, 0.4) is 0 Å². The van der Waals surface area contributed by atoms with Crippen molar-refractivity contribution in [3.63, 3.8) is 0 Å². The Morgan fingerprint density at radius 2 is 0.584 bits per heavy atom. The predicted octanol–water partition coefficient (Wildman–Crippen LogP) is 18.5. The Morgan fingerprint density at radius 1 is 0.247 bits per heavy atom. The summed E-state index contributed by atoms with van der Waals surface area (Å²) in [6, 6.07) is 103. The van der Waals surface area contributed by atoms with Gasteiger partial charge in [-0.1, -0.05) is 218 Å². The summed E-state index contributed by atoms with van der Waals surface area (Å²) < 4.78 is 12.4. The molecule has 0 spiro atoms. The van der Waals surface area contributed by atoms with E-state index in [1.807, 2.05) is 0 Å². The second kappa shape index (κ2) is 15.8. The van der Waals surface area contributed by atoms with Crippen LogP contribution < -0.4 is 0 Å². The highest BCUT2D eigenvalue weighted by atomic mass is 16.3. The molecule has 0 N–H and O–H groups in total. The maximum atomic E-state index is 7.50. The highest BCUT2D eigenvalue weighted by Crippen LogP contribution is 2.59. The molecule has 0 atom stereocenters. The van der Waals surface area contributed by atoms with Crippen molar-refractivity contribution in [2.75, 3.05) is 0 Å². The zero-order valence-electron chi connectivity index (χ0n) is 41.9. The molecule has 77 heavy (non-hydrogen) atoms. The van der Waals surface area contributed by atoms with Crippen LogP contribution in [0.5, 0.6) is 0 Å². The van der Waals surface area contributed by atoms with E-state index in [-0.39, 0.29) is 0 Å². The third kappa shape index (κ3) is 5.49. The van der Waals surface area contributed by atoms with Crippen LogP contribution >= 0.6 is 0 Å². The number of hydrogen-bond donors (Lipinski definition) is 0. The topological polar surface area (TPSA) is 23.0 Å². The minimum absolute atomic E-state index is 0.516. The summed E-state index contributed by atoms with van der Waals surface area (Å²) in [6.45, 7) is 0. The van der Waals surface area contributed by atoms with Crippen LogP contribution in [0.15, 0.2) is 283 Å². The summed E-state index contributed by atoms with van der Waals surface area (Å²) >= 11 is 0. The van der Waals surface area contributed by atoms with Crippen molar-refractivity contribution in [2.45, 2.75) is 10.8 Å². The second-order valence-corrected chi connectivity index (χ2v) is 21.0. The van der Waals surface area contributed by atoms with E-state index in [2.05, 4.69) is 288 Å². The van der Waals surface area contributed by atoms with Gasteiger partial charge < -0.3 is 13.6 Å². The minimum atomic E-state index is -0.516. The van der Waals surface area contributed by atoms with Gasteiger partial charge in [0.25, 0.3) is 0 Å². The van der Waals surface area contributed by atoms with Crippen LogP contribution in [0.25, 0.3) is 99.2 Å². The number of aromatic nitrogens is 2. The Bertz CT molecular complexity index is 4520. The van der Waals surface area contributed by atoms with Gasteiger partial charge in [0.1, 0.15) is 11.2 Å². The van der Waals surface area contributed by atoms with Crippen LogP contribution in [0.2, 0.25) is 0 Å². The molecule has 3 heterocycles. The van der Waals surface area contributed by atoms with Gasteiger partial charge in [0.2, 0.25) is 0 Å². The molecule has 0 saturated carbocycles. The van der Waals surface area contributed by atoms with E-state index in [9.17, 15) is 0 Å². The molecule has 3 nitrogen and oxygen atoms in total. The van der Waals surface area contributed by atoms with Crippen LogP contribution in [0, 0.1) is 0 Å². The molecule has 3 heteroatoms. The molecule has 0 bridgehead atoms. The van der Waals surface area contributed by atoms with Gasteiger partial charge in [-0.05, 0) is 127 Å². The van der Waals surface area contributed by atoms with Gasteiger partial charge >= 0.3 is 0 Å². The molecule has 2 aliphatic carbocycles. The first-order chi connectivity index (χ1) is 38.2. The number of furan rings is 1. The fraction of sp³-hybridized carbons (Fsp3) is 0.0270. The highest BCUT2D eigenvalue weighted by molar-refractivity contribution is 6.29. The van der Waals surface area contributed by atoms with Crippen molar-refractivity contribution in [1.29, 1.82) is 0 Å². The Morgan fingerprint density at radius 3 is 0.987 bits per heavy atom. The minimum Gasteiger partial charge on any atom is -0.455 e. The van der Waals surface area contributed by atoms with Gasteiger partial charge in [-0.15, -0.1) is 0 Å². The van der Waals surface area contributed by atoms with Crippen molar-refractivity contribution in [3.05, 3.63) is 324 Å². The van der Waals surface area contributed by atoms with Crippen LogP contribution in [-0.2, 0) is 10.8 Å². The number of benzene rings is 12. The molecular formula is C74H46N2O. The third-order valence-corrected chi connectivity index (χ3v) is 17.5. The number of hydrogen-bond acceptors (Lipinski definition) is 1. The maximum Gasteiger partial charge on any atom is 0.145 e. The zero-order valence-corrected chi connectivity index (χ0v) is 41.9. The zero-order chi connectivity index (χ0) is 50.4. The number of fused-ring (bicyclic) bond motifs is 17. The average molecular weight is 979 g/mol. The molecular weight excluding hydrogens is 933 g/mol. The molecule has 358 valence electrons. The smallest absolute Gasteiger partial charge is 0.145 e. The van der Waals surface area contributed by atoms with Gasteiger partial charge in [0, 0.05) is 32.9 Å². The Balaban J connectivity index is 0.894. The van der Waals surface area contributed by atoms with E-state index in [1.165, 1.54) is 66.8 Å². The van der Waals surface area contributed by atoms with E-state index in [1.54, 1.807) is 0 Å². The number of rotatable bonds is 6. The van der Waals surface area contributed by atoms with Crippen LogP contribution in [0.1, 0.15) is 44.5 Å². The van der Waals surface area contributed by atoms with Gasteiger partial charge in [-0.25, -0.2) is 0 Å². The van der Waals surface area contributed by atoms with E-state index in [4.69, 9.17) is 4.42 Å². The van der Waals surface area contributed by atoms with Gasteiger partial charge in [0.15, 0.2) is 0 Å². The van der Waals surface area contributed by atoms with Gasteiger partial charge in [0.05, 0.1) is 43.7 Å². The lowest BCUT2D eigenvalue weighted by Gasteiger charge is -2.34. The standard InChI is InChI=1S/C74H46N2O/c1-5-21-47(22-6-1)73(48-23-7-2-8-24-48)61-33-17-13-29-53(61)55-39-37-51(45-63(55)73)75-65-35-19-15-31-59(65)69-67(75)43-41-57-58-42-44-68-70(72(58)77-71(57)69)60-32-16-20-36-66(60)76(68)52-38-40-56-54-30-14-18-34-62(54)74(64(56)46-52,49-25-9-3-10-26-49)50-27-11-4-12-28-50/h1-46H.